The molecule has 1 rings (SSSR count). The van der Waals surface area contributed by atoms with Gasteiger partial charge in [-0.25, -0.2) is 0 Å². The summed E-state index contributed by atoms with van der Waals surface area (Å²) in [7, 11) is -1.93. The molecule has 1 saturated heterocycles. The Morgan fingerprint density at radius 2 is 1.90 bits per heavy atom. The van der Waals surface area contributed by atoms with Crippen molar-refractivity contribution < 1.29 is 23.8 Å². The molecule has 118 valence electrons. The van der Waals surface area contributed by atoms with Crippen molar-refractivity contribution in [1.29, 1.82) is 0 Å². The van der Waals surface area contributed by atoms with Crippen LogP contribution in [0, 0.1) is 0 Å². The van der Waals surface area contributed by atoms with Gasteiger partial charge < -0.3 is 23.8 Å². The van der Waals surface area contributed by atoms with Gasteiger partial charge in [-0.2, -0.15) is 0 Å². The Hall–Kier alpha value is -0.273. The molecular weight excluding hydrogens is 276 g/mol. The lowest BCUT2D eigenvalue weighted by molar-refractivity contribution is -0.158. The fourth-order valence-corrected chi connectivity index (χ4v) is 2.85. The Kier molecular flexibility index (Phi) is 5.20. The summed E-state index contributed by atoms with van der Waals surface area (Å²) in [5.41, 5.74) is 0. The summed E-state index contributed by atoms with van der Waals surface area (Å²) in [6.45, 7) is 14.3. The molecule has 6 heteroatoms. The van der Waals surface area contributed by atoms with E-state index < -0.39 is 32.4 Å². The summed E-state index contributed by atoms with van der Waals surface area (Å²) in [5, 5.41) is 10.3. The van der Waals surface area contributed by atoms with E-state index >= 15 is 0 Å². The standard InChI is InChI=1S/C14H28O5Si/c1-13(2,3)20(6,7)17-9-10(16)12-11(8-15)18-14(4,5)19-12/h8,10-12,16H,9H2,1-7H3/t10-,11-,12+/m0/s1. The Morgan fingerprint density at radius 1 is 1.35 bits per heavy atom. The monoisotopic (exact) mass is 304 g/mol. The van der Waals surface area contributed by atoms with Crippen molar-refractivity contribution in [2.45, 2.75) is 76.8 Å². The van der Waals surface area contributed by atoms with Gasteiger partial charge in [0.05, 0.1) is 6.61 Å². The highest BCUT2D eigenvalue weighted by Crippen LogP contribution is 2.37. The maximum Gasteiger partial charge on any atom is 0.192 e. The first-order valence-corrected chi connectivity index (χ1v) is 9.93. The molecule has 0 aromatic carbocycles. The largest absolute Gasteiger partial charge is 0.414 e. The Bertz CT molecular complexity index is 348. The summed E-state index contributed by atoms with van der Waals surface area (Å²) in [6, 6.07) is 0. The molecule has 1 heterocycles. The van der Waals surface area contributed by atoms with Crippen molar-refractivity contribution in [3.8, 4) is 0 Å². The first-order valence-electron chi connectivity index (χ1n) is 7.02. The molecule has 0 saturated carbocycles. The summed E-state index contributed by atoms with van der Waals surface area (Å²) < 4.78 is 17.0. The van der Waals surface area contributed by atoms with Crippen LogP contribution in [-0.2, 0) is 18.7 Å². The Balaban J connectivity index is 2.63. The van der Waals surface area contributed by atoms with Gasteiger partial charge in [0, 0.05) is 0 Å². The molecule has 0 spiro atoms. The molecule has 0 amide bonds. The van der Waals surface area contributed by atoms with Gasteiger partial charge in [-0.15, -0.1) is 0 Å². The smallest absolute Gasteiger partial charge is 0.192 e. The minimum absolute atomic E-state index is 0.0725. The second-order valence-corrected chi connectivity index (χ2v) is 12.1. The summed E-state index contributed by atoms with van der Waals surface area (Å²) in [5.74, 6) is -0.853. The lowest BCUT2D eigenvalue weighted by Gasteiger charge is -2.37. The first kappa shape index (κ1) is 17.8. The lowest BCUT2D eigenvalue weighted by Crippen LogP contribution is -2.46. The van der Waals surface area contributed by atoms with E-state index in [2.05, 4.69) is 33.9 Å². The highest BCUT2D eigenvalue weighted by Gasteiger charge is 2.46. The van der Waals surface area contributed by atoms with E-state index in [4.69, 9.17) is 13.9 Å². The van der Waals surface area contributed by atoms with Crippen LogP contribution in [0.5, 0.6) is 0 Å². The van der Waals surface area contributed by atoms with Crippen molar-refractivity contribution in [1.82, 2.24) is 0 Å². The Labute approximate surface area is 122 Å². The molecule has 5 nitrogen and oxygen atoms in total. The van der Waals surface area contributed by atoms with Crippen molar-refractivity contribution in [3.63, 3.8) is 0 Å². The number of aliphatic hydroxyl groups is 1. The summed E-state index contributed by atoms with van der Waals surface area (Å²) in [4.78, 5) is 11.0. The van der Waals surface area contributed by atoms with E-state index in [0.717, 1.165) is 0 Å². The zero-order valence-corrected chi connectivity index (χ0v) is 14.6. The molecule has 0 aromatic heterocycles. The predicted octanol–water partition coefficient (Wildman–Crippen LogP) is 2.09. The van der Waals surface area contributed by atoms with E-state index in [-0.39, 0.29) is 11.6 Å². The number of carbonyl (C=O) groups is 1. The number of aliphatic hydroxyl groups excluding tert-OH is 1. The van der Waals surface area contributed by atoms with Crippen molar-refractivity contribution in [2.24, 2.45) is 0 Å². The normalized spacial score (nSPS) is 28.4. The molecule has 0 aliphatic carbocycles. The minimum atomic E-state index is -1.93. The third-order valence-electron chi connectivity index (χ3n) is 4.10. The molecular formula is C14H28O5Si. The number of aldehydes is 1. The van der Waals surface area contributed by atoms with E-state index in [9.17, 15) is 9.90 Å². The minimum Gasteiger partial charge on any atom is -0.414 e. The fraction of sp³-hybridized carbons (Fsp3) is 0.929. The molecule has 0 radical (unpaired) electrons. The van der Waals surface area contributed by atoms with E-state index in [1.807, 2.05) is 0 Å². The van der Waals surface area contributed by atoms with E-state index in [1.165, 1.54) is 0 Å². The fourth-order valence-electron chi connectivity index (χ4n) is 1.83. The highest BCUT2D eigenvalue weighted by molar-refractivity contribution is 6.74. The maximum absolute atomic E-state index is 11.0. The predicted molar refractivity (Wildman–Crippen MR) is 79.0 cm³/mol. The number of rotatable bonds is 5. The van der Waals surface area contributed by atoms with Gasteiger partial charge in [0.2, 0.25) is 0 Å². The third-order valence-corrected chi connectivity index (χ3v) is 8.60. The molecule has 1 N–H and O–H groups in total. The number of hydrogen-bond donors (Lipinski definition) is 1. The van der Waals surface area contributed by atoms with Gasteiger partial charge in [0.25, 0.3) is 0 Å². The molecule has 0 aromatic rings. The van der Waals surface area contributed by atoms with Gasteiger partial charge in [0.1, 0.15) is 18.3 Å². The molecule has 1 aliphatic rings. The van der Waals surface area contributed by atoms with Gasteiger partial charge in [-0.3, -0.25) is 0 Å². The van der Waals surface area contributed by atoms with Crippen LogP contribution in [0.2, 0.25) is 18.1 Å². The lowest BCUT2D eigenvalue weighted by atomic mass is 10.1. The molecule has 3 atom stereocenters. The van der Waals surface area contributed by atoms with Crippen LogP contribution in [0.3, 0.4) is 0 Å². The van der Waals surface area contributed by atoms with Crippen LogP contribution in [0.4, 0.5) is 0 Å². The molecule has 20 heavy (non-hydrogen) atoms. The van der Waals surface area contributed by atoms with Crippen LogP contribution in [0.25, 0.3) is 0 Å². The van der Waals surface area contributed by atoms with Gasteiger partial charge >= 0.3 is 0 Å². The zero-order valence-electron chi connectivity index (χ0n) is 13.6. The molecule has 0 bridgehead atoms. The van der Waals surface area contributed by atoms with Crippen molar-refractivity contribution >= 4 is 14.6 Å². The number of ether oxygens (including phenoxy) is 2. The molecule has 1 fully saturated rings. The third kappa shape index (κ3) is 4.11. The molecule has 1 aliphatic heterocycles. The van der Waals surface area contributed by atoms with E-state index in [1.54, 1.807) is 13.8 Å². The van der Waals surface area contributed by atoms with Crippen LogP contribution in [0.15, 0.2) is 0 Å². The summed E-state index contributed by atoms with van der Waals surface area (Å²) >= 11 is 0. The van der Waals surface area contributed by atoms with Gasteiger partial charge in [-0.05, 0) is 32.0 Å². The van der Waals surface area contributed by atoms with Crippen LogP contribution >= 0.6 is 0 Å². The van der Waals surface area contributed by atoms with Gasteiger partial charge in [0.15, 0.2) is 20.4 Å². The SMILES string of the molecule is CC1(C)O[C@H]([C@@H](O)CO[Si](C)(C)C(C)(C)C)[C@H](C=O)O1. The van der Waals surface area contributed by atoms with Crippen LogP contribution in [0.1, 0.15) is 34.6 Å². The van der Waals surface area contributed by atoms with Crippen LogP contribution in [-0.4, -0.2) is 50.4 Å². The second-order valence-electron chi connectivity index (χ2n) is 7.34. The average molecular weight is 304 g/mol. The van der Waals surface area contributed by atoms with Crippen molar-refractivity contribution in [3.05, 3.63) is 0 Å². The maximum atomic E-state index is 11.0. The highest BCUT2D eigenvalue weighted by atomic mass is 28.4. The van der Waals surface area contributed by atoms with Crippen LogP contribution < -0.4 is 0 Å². The average Bonchev–Trinajstić information content (AvgIpc) is 2.60. The topological polar surface area (TPSA) is 65.0 Å². The second kappa shape index (κ2) is 5.85. The zero-order chi connectivity index (χ0) is 15.8. The number of carbonyl (C=O) groups excluding carboxylic acids is 1. The Morgan fingerprint density at radius 3 is 2.35 bits per heavy atom. The van der Waals surface area contributed by atoms with Gasteiger partial charge in [-0.1, -0.05) is 20.8 Å². The molecule has 0 unspecified atom stereocenters. The number of hydrogen-bond acceptors (Lipinski definition) is 5. The summed E-state index contributed by atoms with van der Waals surface area (Å²) in [6.07, 6.45) is -1.62. The van der Waals surface area contributed by atoms with E-state index in [0.29, 0.717) is 6.29 Å². The van der Waals surface area contributed by atoms with Crippen molar-refractivity contribution in [2.75, 3.05) is 6.61 Å². The first-order chi connectivity index (χ1) is 8.89. The quantitative estimate of drug-likeness (QED) is 0.622.